The van der Waals surface area contributed by atoms with Gasteiger partial charge in [-0.2, -0.15) is 13.2 Å². The summed E-state index contributed by atoms with van der Waals surface area (Å²) in [5.41, 5.74) is -0.520. The standard InChI is InChI=1S/C40H39F3N2O8/c1-6-51-37(49)39(38(50)52-7-2,28-17-12-25(3)13-18-28)24-53-34(46)23-26-14-21-33(32(22-26)36(48)45(4)5)44-35(47)31-11-9-8-10-30(31)27-15-19-29(20-16-27)40(41,42)43/h8-22H,6-7,23-24H2,1-5H3,(H,44,47). The van der Waals surface area contributed by atoms with Crippen LogP contribution in [-0.2, 0) is 46.6 Å². The molecule has 0 bridgehead atoms. The van der Waals surface area contributed by atoms with Crippen molar-refractivity contribution in [2.24, 2.45) is 0 Å². The Hall–Kier alpha value is -5.98. The summed E-state index contributed by atoms with van der Waals surface area (Å²) in [7, 11) is 3.01. The molecule has 0 heterocycles. The average Bonchev–Trinajstić information content (AvgIpc) is 3.12. The lowest BCUT2D eigenvalue weighted by molar-refractivity contribution is -0.170. The summed E-state index contributed by atoms with van der Waals surface area (Å²) in [6, 6.07) is 21.6. The first kappa shape index (κ1) is 39.8. The van der Waals surface area contributed by atoms with Crippen molar-refractivity contribution in [2.75, 3.05) is 39.2 Å². The molecular weight excluding hydrogens is 693 g/mol. The quantitative estimate of drug-likeness (QED) is 0.0905. The van der Waals surface area contributed by atoms with Crippen molar-refractivity contribution in [3.63, 3.8) is 0 Å². The Balaban J connectivity index is 1.60. The fraction of sp³-hybridized carbons (Fsp3) is 0.275. The molecule has 0 aromatic heterocycles. The van der Waals surface area contributed by atoms with Crippen LogP contribution in [0.25, 0.3) is 11.1 Å². The Labute approximate surface area is 304 Å². The molecule has 0 unspecified atom stereocenters. The molecule has 0 radical (unpaired) electrons. The van der Waals surface area contributed by atoms with Crippen molar-refractivity contribution in [2.45, 2.75) is 38.8 Å². The Morgan fingerprint density at radius 3 is 1.87 bits per heavy atom. The molecule has 2 amide bonds. The van der Waals surface area contributed by atoms with Crippen LogP contribution >= 0.6 is 0 Å². The van der Waals surface area contributed by atoms with Crippen molar-refractivity contribution >= 4 is 35.4 Å². The number of esters is 3. The summed E-state index contributed by atoms with van der Waals surface area (Å²) in [5, 5.41) is 2.72. The second-order valence-electron chi connectivity index (χ2n) is 12.2. The molecule has 0 aliphatic carbocycles. The highest BCUT2D eigenvalue weighted by Crippen LogP contribution is 2.33. The third kappa shape index (κ3) is 9.28. The van der Waals surface area contributed by atoms with Crippen LogP contribution in [0.15, 0.2) is 91.0 Å². The SMILES string of the molecule is CCOC(=O)C(COC(=O)Cc1ccc(NC(=O)c2ccccc2-c2ccc(C(F)(F)F)cc2)c(C(=O)N(C)C)c1)(C(=O)OCC)c1ccc(C)cc1. The highest BCUT2D eigenvalue weighted by molar-refractivity contribution is 6.12. The molecule has 278 valence electrons. The van der Waals surface area contributed by atoms with Crippen molar-refractivity contribution in [3.8, 4) is 11.1 Å². The number of rotatable bonds is 13. The second-order valence-corrected chi connectivity index (χ2v) is 12.2. The van der Waals surface area contributed by atoms with E-state index in [0.29, 0.717) is 16.7 Å². The van der Waals surface area contributed by atoms with E-state index in [-0.39, 0.29) is 42.0 Å². The summed E-state index contributed by atoms with van der Waals surface area (Å²) in [5.74, 6) is -3.87. The summed E-state index contributed by atoms with van der Waals surface area (Å²) < 4.78 is 55.5. The van der Waals surface area contributed by atoms with E-state index in [9.17, 15) is 37.1 Å². The van der Waals surface area contributed by atoms with Crippen LogP contribution in [0, 0.1) is 6.92 Å². The maximum absolute atomic E-state index is 13.6. The number of hydrogen-bond donors (Lipinski definition) is 1. The Morgan fingerprint density at radius 2 is 1.30 bits per heavy atom. The van der Waals surface area contributed by atoms with E-state index in [2.05, 4.69) is 5.32 Å². The van der Waals surface area contributed by atoms with Gasteiger partial charge in [0, 0.05) is 19.7 Å². The Morgan fingerprint density at radius 1 is 0.717 bits per heavy atom. The fourth-order valence-electron chi connectivity index (χ4n) is 5.46. The normalized spacial score (nSPS) is 11.3. The minimum absolute atomic E-state index is 0.0349. The number of aryl methyl sites for hydroxylation is 1. The minimum atomic E-state index is -4.52. The van der Waals surface area contributed by atoms with E-state index in [1.165, 1.54) is 55.4 Å². The largest absolute Gasteiger partial charge is 0.465 e. The van der Waals surface area contributed by atoms with Gasteiger partial charge in [0.25, 0.3) is 11.8 Å². The monoisotopic (exact) mass is 732 g/mol. The lowest BCUT2D eigenvalue weighted by Gasteiger charge is -2.29. The number of anilines is 1. The van der Waals surface area contributed by atoms with Crippen LogP contribution in [0.4, 0.5) is 18.9 Å². The summed E-state index contributed by atoms with van der Waals surface area (Å²) in [6.07, 6.45) is -4.90. The van der Waals surface area contributed by atoms with Gasteiger partial charge in [0.2, 0.25) is 5.41 Å². The van der Waals surface area contributed by atoms with Crippen LogP contribution in [0.1, 0.15) is 56.8 Å². The molecule has 0 saturated heterocycles. The number of ether oxygens (including phenoxy) is 3. The number of nitrogens with one attached hydrogen (secondary N) is 1. The molecule has 10 nitrogen and oxygen atoms in total. The zero-order valence-electron chi connectivity index (χ0n) is 29.8. The molecular formula is C40H39F3N2O8. The summed E-state index contributed by atoms with van der Waals surface area (Å²) in [6.45, 7) is 4.16. The highest BCUT2D eigenvalue weighted by atomic mass is 19.4. The predicted octanol–water partition coefficient (Wildman–Crippen LogP) is 6.78. The first-order chi connectivity index (χ1) is 25.1. The van der Waals surface area contributed by atoms with Crippen molar-refractivity contribution in [3.05, 3.63) is 124 Å². The second kappa shape index (κ2) is 17.0. The van der Waals surface area contributed by atoms with Gasteiger partial charge in [-0.05, 0) is 73.4 Å². The molecule has 4 aromatic carbocycles. The number of carbonyl (C=O) groups is 5. The third-order valence-corrected chi connectivity index (χ3v) is 8.25. The fourth-order valence-corrected chi connectivity index (χ4v) is 5.46. The predicted molar refractivity (Wildman–Crippen MR) is 190 cm³/mol. The smallest absolute Gasteiger partial charge is 0.416 e. The molecule has 0 aliphatic heterocycles. The molecule has 13 heteroatoms. The van der Waals surface area contributed by atoms with Gasteiger partial charge in [-0.1, -0.05) is 66.2 Å². The first-order valence-electron chi connectivity index (χ1n) is 16.6. The number of hydrogen-bond acceptors (Lipinski definition) is 8. The van der Waals surface area contributed by atoms with Gasteiger partial charge in [-0.3, -0.25) is 24.0 Å². The van der Waals surface area contributed by atoms with Crippen LogP contribution < -0.4 is 5.32 Å². The maximum Gasteiger partial charge on any atom is 0.416 e. The van der Waals surface area contributed by atoms with Gasteiger partial charge >= 0.3 is 24.1 Å². The zero-order chi connectivity index (χ0) is 38.9. The van der Waals surface area contributed by atoms with E-state index in [1.807, 2.05) is 6.92 Å². The number of amides is 2. The van der Waals surface area contributed by atoms with Crippen LogP contribution in [-0.4, -0.2) is 68.5 Å². The van der Waals surface area contributed by atoms with Gasteiger partial charge in [0.1, 0.15) is 6.61 Å². The number of halogens is 3. The molecule has 4 rings (SSSR count). The average molecular weight is 733 g/mol. The van der Waals surface area contributed by atoms with Crippen LogP contribution in [0.5, 0.6) is 0 Å². The van der Waals surface area contributed by atoms with Crippen molar-refractivity contribution in [1.82, 2.24) is 4.90 Å². The molecule has 1 N–H and O–H groups in total. The van der Waals surface area contributed by atoms with Crippen molar-refractivity contribution < 1.29 is 51.4 Å². The Bertz CT molecular complexity index is 1960. The molecule has 4 aromatic rings. The maximum atomic E-state index is 13.6. The van der Waals surface area contributed by atoms with Gasteiger partial charge in [-0.25, -0.2) is 0 Å². The molecule has 0 spiro atoms. The minimum Gasteiger partial charge on any atom is -0.465 e. The zero-order valence-corrected chi connectivity index (χ0v) is 29.8. The topological polar surface area (TPSA) is 128 Å². The van der Waals surface area contributed by atoms with Crippen LogP contribution in [0.3, 0.4) is 0 Å². The van der Waals surface area contributed by atoms with Gasteiger partial charge < -0.3 is 24.4 Å². The lowest BCUT2D eigenvalue weighted by atomic mass is 9.80. The van der Waals surface area contributed by atoms with Crippen LogP contribution in [0.2, 0.25) is 0 Å². The number of nitrogens with zero attached hydrogens (tertiary/aromatic N) is 1. The van der Waals surface area contributed by atoms with E-state index in [0.717, 1.165) is 17.7 Å². The van der Waals surface area contributed by atoms with Gasteiger partial charge in [0.15, 0.2) is 0 Å². The number of benzene rings is 4. The molecule has 0 fully saturated rings. The third-order valence-electron chi connectivity index (χ3n) is 8.25. The van der Waals surface area contributed by atoms with Gasteiger partial charge in [0.05, 0.1) is 36.4 Å². The number of carbonyl (C=O) groups excluding carboxylic acids is 5. The highest BCUT2D eigenvalue weighted by Gasteiger charge is 2.52. The lowest BCUT2D eigenvalue weighted by Crippen LogP contribution is -2.50. The molecule has 0 saturated carbocycles. The molecule has 53 heavy (non-hydrogen) atoms. The molecule has 0 aliphatic rings. The van der Waals surface area contributed by atoms with E-state index in [1.54, 1.807) is 56.3 Å². The van der Waals surface area contributed by atoms with E-state index < -0.39 is 53.5 Å². The molecule has 0 atom stereocenters. The van der Waals surface area contributed by atoms with E-state index in [4.69, 9.17) is 14.2 Å². The summed E-state index contributed by atoms with van der Waals surface area (Å²) in [4.78, 5) is 68.2. The Kier molecular flexibility index (Phi) is 12.8. The number of alkyl halides is 3. The van der Waals surface area contributed by atoms with E-state index >= 15 is 0 Å². The van der Waals surface area contributed by atoms with Crippen molar-refractivity contribution in [1.29, 1.82) is 0 Å². The summed E-state index contributed by atoms with van der Waals surface area (Å²) >= 11 is 0. The first-order valence-corrected chi connectivity index (χ1v) is 16.6. The van der Waals surface area contributed by atoms with Gasteiger partial charge in [-0.15, -0.1) is 0 Å².